The Bertz CT molecular complexity index is 454. The lowest BCUT2D eigenvalue weighted by molar-refractivity contribution is 0.461. The van der Waals surface area contributed by atoms with Crippen molar-refractivity contribution in [2.75, 3.05) is 5.32 Å². The topological polar surface area (TPSA) is 81.6 Å². The number of nitrogens with one attached hydrogen (secondary N) is 2. The van der Waals surface area contributed by atoms with Crippen LogP contribution < -0.4 is 11.0 Å². The Kier molecular flexibility index (Phi) is 3.20. The molecule has 0 unspecified atom stereocenters. The number of H-pyrrole nitrogens is 1. The van der Waals surface area contributed by atoms with Gasteiger partial charge in [0.05, 0.1) is 0 Å². The summed E-state index contributed by atoms with van der Waals surface area (Å²) in [6.07, 6.45) is 5.93. The quantitative estimate of drug-likeness (QED) is 0.785. The third-order valence-corrected chi connectivity index (χ3v) is 2.82. The van der Waals surface area contributed by atoms with Crippen LogP contribution in [0.25, 0.3) is 0 Å². The van der Waals surface area contributed by atoms with Gasteiger partial charge in [-0.25, -0.2) is 4.79 Å². The number of anilines is 1. The van der Waals surface area contributed by atoms with Crippen molar-refractivity contribution in [3.05, 3.63) is 22.2 Å². The highest BCUT2D eigenvalue weighted by Crippen LogP contribution is 2.20. The first kappa shape index (κ1) is 10.7. The summed E-state index contributed by atoms with van der Waals surface area (Å²) in [7, 11) is 0. The monoisotopic (exact) mass is 218 g/mol. The molecule has 0 radical (unpaired) electrons. The van der Waals surface area contributed by atoms with Crippen LogP contribution in [-0.4, -0.2) is 16.0 Å². The fourth-order valence-electron chi connectivity index (χ4n) is 2.05. The highest BCUT2D eigenvalue weighted by molar-refractivity contribution is 5.39. The van der Waals surface area contributed by atoms with E-state index in [-0.39, 0.29) is 5.69 Å². The Balaban J connectivity index is 2.11. The van der Waals surface area contributed by atoms with Gasteiger partial charge in [0.1, 0.15) is 17.6 Å². The predicted molar refractivity (Wildman–Crippen MR) is 60.1 cm³/mol. The van der Waals surface area contributed by atoms with E-state index < -0.39 is 5.69 Å². The van der Waals surface area contributed by atoms with Crippen LogP contribution in [0.2, 0.25) is 0 Å². The molecule has 0 amide bonds. The molecule has 84 valence electrons. The zero-order valence-electron chi connectivity index (χ0n) is 8.99. The molecule has 2 N–H and O–H groups in total. The van der Waals surface area contributed by atoms with Gasteiger partial charge in [-0.3, -0.25) is 4.98 Å². The third kappa shape index (κ3) is 2.60. The van der Waals surface area contributed by atoms with Crippen LogP contribution in [0.5, 0.6) is 0 Å². The van der Waals surface area contributed by atoms with Crippen molar-refractivity contribution in [2.24, 2.45) is 0 Å². The van der Waals surface area contributed by atoms with E-state index in [0.717, 1.165) is 12.8 Å². The van der Waals surface area contributed by atoms with Gasteiger partial charge in [-0.2, -0.15) is 10.2 Å². The molecule has 0 aliphatic heterocycles. The molecule has 16 heavy (non-hydrogen) atoms. The minimum absolute atomic E-state index is 0.248. The van der Waals surface area contributed by atoms with Crippen LogP contribution in [0, 0.1) is 11.3 Å². The van der Waals surface area contributed by atoms with Crippen molar-refractivity contribution in [3.63, 3.8) is 0 Å². The molecule has 2 rings (SSSR count). The molecule has 1 heterocycles. The maximum atomic E-state index is 11.2. The lowest BCUT2D eigenvalue weighted by atomic mass is 9.95. The summed E-state index contributed by atoms with van der Waals surface area (Å²) in [5.74, 6) is 0.507. The van der Waals surface area contributed by atoms with Crippen LogP contribution in [0.4, 0.5) is 5.82 Å². The van der Waals surface area contributed by atoms with Crippen LogP contribution in [-0.2, 0) is 0 Å². The molecule has 0 aromatic carbocycles. The molecule has 1 fully saturated rings. The summed E-state index contributed by atoms with van der Waals surface area (Å²) in [4.78, 5) is 17.3. The molecule has 1 saturated carbocycles. The molecule has 1 aliphatic carbocycles. The summed E-state index contributed by atoms with van der Waals surface area (Å²) in [5.41, 5.74) is -0.226. The van der Waals surface area contributed by atoms with Crippen LogP contribution in [0.3, 0.4) is 0 Å². The normalized spacial score (nSPS) is 16.7. The van der Waals surface area contributed by atoms with Gasteiger partial charge in [-0.15, -0.1) is 0 Å². The minimum Gasteiger partial charge on any atom is -0.367 e. The largest absolute Gasteiger partial charge is 0.367 e. The molecular formula is C11H14N4O. The zero-order chi connectivity index (χ0) is 11.4. The van der Waals surface area contributed by atoms with Crippen molar-refractivity contribution < 1.29 is 0 Å². The number of rotatable bonds is 2. The Morgan fingerprint density at radius 3 is 2.88 bits per heavy atom. The Hall–Kier alpha value is -1.83. The van der Waals surface area contributed by atoms with Crippen molar-refractivity contribution in [1.29, 1.82) is 5.26 Å². The first-order valence-electron chi connectivity index (χ1n) is 5.56. The van der Waals surface area contributed by atoms with E-state index in [1.807, 2.05) is 6.07 Å². The summed E-state index contributed by atoms with van der Waals surface area (Å²) < 4.78 is 0. The molecule has 5 heteroatoms. The summed E-state index contributed by atoms with van der Waals surface area (Å²) in [6, 6.07) is 3.87. The van der Waals surface area contributed by atoms with Gasteiger partial charge in [0.25, 0.3) is 0 Å². The van der Waals surface area contributed by atoms with Crippen molar-refractivity contribution in [1.82, 2.24) is 9.97 Å². The van der Waals surface area contributed by atoms with E-state index in [1.54, 1.807) is 6.07 Å². The number of aromatic nitrogens is 2. The number of hydrogen-bond acceptors (Lipinski definition) is 4. The predicted octanol–water partition coefficient (Wildman–Crippen LogP) is 1.39. The van der Waals surface area contributed by atoms with Gasteiger partial charge in [-0.1, -0.05) is 19.3 Å². The Morgan fingerprint density at radius 2 is 2.19 bits per heavy atom. The van der Waals surface area contributed by atoms with E-state index in [9.17, 15) is 4.79 Å². The molecule has 0 bridgehead atoms. The third-order valence-electron chi connectivity index (χ3n) is 2.82. The van der Waals surface area contributed by atoms with E-state index in [4.69, 9.17) is 5.26 Å². The van der Waals surface area contributed by atoms with Crippen molar-refractivity contribution in [2.45, 2.75) is 38.1 Å². The maximum absolute atomic E-state index is 11.2. The molecule has 0 atom stereocenters. The van der Waals surface area contributed by atoms with Gasteiger partial charge in [-0.05, 0) is 12.8 Å². The average Bonchev–Trinajstić information content (AvgIpc) is 2.29. The first-order chi connectivity index (χ1) is 7.78. The number of aromatic amines is 1. The second-order valence-electron chi connectivity index (χ2n) is 4.08. The molecular weight excluding hydrogens is 204 g/mol. The molecule has 1 aromatic heterocycles. The van der Waals surface area contributed by atoms with E-state index in [1.165, 1.54) is 19.3 Å². The van der Waals surface area contributed by atoms with Crippen LogP contribution in [0.1, 0.15) is 37.8 Å². The summed E-state index contributed by atoms with van der Waals surface area (Å²) >= 11 is 0. The highest BCUT2D eigenvalue weighted by Gasteiger charge is 2.13. The number of hydrogen-bond donors (Lipinski definition) is 2. The van der Waals surface area contributed by atoms with E-state index >= 15 is 0 Å². The lowest BCUT2D eigenvalue weighted by Gasteiger charge is -2.22. The Morgan fingerprint density at radius 1 is 1.44 bits per heavy atom. The minimum atomic E-state index is -0.475. The molecule has 5 nitrogen and oxygen atoms in total. The van der Waals surface area contributed by atoms with E-state index in [2.05, 4.69) is 15.3 Å². The summed E-state index contributed by atoms with van der Waals surface area (Å²) in [5, 5.41) is 11.9. The molecule has 1 aliphatic rings. The SMILES string of the molecule is N#Cc1cc(NC2CCCCC2)nc(=O)[nH]1. The second-order valence-corrected chi connectivity index (χ2v) is 4.08. The number of nitriles is 1. The second kappa shape index (κ2) is 4.79. The van der Waals surface area contributed by atoms with Gasteiger partial charge >= 0.3 is 5.69 Å². The van der Waals surface area contributed by atoms with E-state index in [0.29, 0.717) is 11.9 Å². The molecule has 0 saturated heterocycles. The molecule has 1 aromatic rings. The van der Waals surface area contributed by atoms with Gasteiger partial charge < -0.3 is 5.32 Å². The smallest absolute Gasteiger partial charge is 0.347 e. The zero-order valence-corrected chi connectivity index (χ0v) is 8.99. The fraction of sp³-hybridized carbons (Fsp3) is 0.545. The van der Waals surface area contributed by atoms with Crippen molar-refractivity contribution in [3.8, 4) is 6.07 Å². The van der Waals surface area contributed by atoms with Crippen LogP contribution in [0.15, 0.2) is 10.9 Å². The van der Waals surface area contributed by atoms with Gasteiger partial charge in [0.15, 0.2) is 0 Å². The van der Waals surface area contributed by atoms with Gasteiger partial charge in [0, 0.05) is 12.1 Å². The fourth-order valence-corrected chi connectivity index (χ4v) is 2.05. The molecule has 0 spiro atoms. The summed E-state index contributed by atoms with van der Waals surface area (Å²) in [6.45, 7) is 0. The van der Waals surface area contributed by atoms with Crippen LogP contribution >= 0.6 is 0 Å². The Labute approximate surface area is 93.5 Å². The number of nitrogens with zero attached hydrogens (tertiary/aromatic N) is 2. The maximum Gasteiger partial charge on any atom is 0.347 e. The average molecular weight is 218 g/mol. The first-order valence-corrected chi connectivity index (χ1v) is 5.56. The lowest BCUT2D eigenvalue weighted by Crippen LogP contribution is -2.25. The highest BCUT2D eigenvalue weighted by atomic mass is 16.1. The standard InChI is InChI=1S/C11H14N4O/c12-7-9-6-10(15-11(16)14-9)13-8-4-2-1-3-5-8/h6,8H,1-5H2,(H2,13,14,15,16). The van der Waals surface area contributed by atoms with Gasteiger partial charge in [0.2, 0.25) is 0 Å². The van der Waals surface area contributed by atoms with Crippen molar-refractivity contribution >= 4 is 5.82 Å².